The average Bonchev–Trinajstić information content (AvgIpc) is 2.79. The number of aromatic nitrogens is 2. The van der Waals surface area contributed by atoms with Crippen molar-refractivity contribution in [2.24, 2.45) is 7.05 Å². The number of hydrogen-bond donors (Lipinski definition) is 0. The van der Waals surface area contributed by atoms with Crippen LogP contribution in [0.1, 0.15) is 18.3 Å². The van der Waals surface area contributed by atoms with Gasteiger partial charge in [-0.3, -0.25) is 8.99 Å². The Labute approximate surface area is 137 Å². The van der Waals surface area contributed by atoms with Crippen LogP contribution in [0.4, 0.5) is 11.4 Å². The van der Waals surface area contributed by atoms with Gasteiger partial charge in [0.05, 0.1) is 29.3 Å². The number of aryl methyl sites for hydroxylation is 2. The van der Waals surface area contributed by atoms with Crippen LogP contribution in [-0.2, 0) is 17.1 Å². The molecule has 3 rings (SSSR count). The van der Waals surface area contributed by atoms with E-state index in [0.717, 1.165) is 17.9 Å². The largest absolute Gasteiger partial charge is 0.368 e. The normalized spacial score (nSPS) is 15.0. The Balaban J connectivity index is 2.15. The summed E-state index contributed by atoms with van der Waals surface area (Å²) in [6.45, 7) is 7.60. The van der Waals surface area contributed by atoms with Gasteiger partial charge in [0.1, 0.15) is 4.90 Å². The number of benzene rings is 1. The van der Waals surface area contributed by atoms with Crippen LogP contribution in [0.15, 0.2) is 29.2 Å². The Hall–Kier alpha value is -2.02. The third-order valence-corrected chi connectivity index (χ3v) is 6.50. The molecule has 23 heavy (non-hydrogen) atoms. The van der Waals surface area contributed by atoms with Crippen LogP contribution in [0.3, 0.4) is 0 Å². The van der Waals surface area contributed by atoms with Gasteiger partial charge in [0, 0.05) is 20.1 Å². The molecule has 0 atom stereocenters. The first kappa shape index (κ1) is 15.9. The standard InChI is InChI=1S/C16H22N4O2S/c1-5-19-10-11-20(15-9-7-6-8-14(15)19)23(21,22)16-12(2)17-18(4)13(16)3/h6-9H,5,10-11H2,1-4H3. The molecule has 0 amide bonds. The van der Waals surface area contributed by atoms with Gasteiger partial charge in [-0.05, 0) is 32.9 Å². The van der Waals surface area contributed by atoms with E-state index >= 15 is 0 Å². The second-order valence-corrected chi connectivity index (χ2v) is 7.57. The van der Waals surface area contributed by atoms with Crippen molar-refractivity contribution in [2.75, 3.05) is 28.8 Å². The molecule has 0 unspecified atom stereocenters. The number of fused-ring (bicyclic) bond motifs is 1. The summed E-state index contributed by atoms with van der Waals surface area (Å²) in [6, 6.07) is 7.67. The van der Waals surface area contributed by atoms with E-state index in [-0.39, 0.29) is 0 Å². The maximum Gasteiger partial charge on any atom is 0.268 e. The number of likely N-dealkylation sites (N-methyl/N-ethyl adjacent to an activating group) is 1. The van der Waals surface area contributed by atoms with Crippen LogP contribution in [0.25, 0.3) is 0 Å². The molecule has 2 aromatic rings. The van der Waals surface area contributed by atoms with Gasteiger partial charge < -0.3 is 4.90 Å². The molecule has 1 aliphatic rings. The highest BCUT2D eigenvalue weighted by Gasteiger charge is 2.34. The van der Waals surface area contributed by atoms with Gasteiger partial charge in [-0.15, -0.1) is 0 Å². The fraction of sp³-hybridized carbons (Fsp3) is 0.438. The predicted octanol–water partition coefficient (Wildman–Crippen LogP) is 2.07. The lowest BCUT2D eigenvalue weighted by molar-refractivity contribution is 0.587. The van der Waals surface area contributed by atoms with Crippen LogP contribution in [0, 0.1) is 13.8 Å². The lowest BCUT2D eigenvalue weighted by Gasteiger charge is -2.37. The van der Waals surface area contributed by atoms with E-state index in [1.807, 2.05) is 24.3 Å². The number of para-hydroxylation sites is 2. The number of rotatable bonds is 3. The lowest BCUT2D eigenvalue weighted by Crippen LogP contribution is -2.44. The zero-order valence-corrected chi connectivity index (χ0v) is 14.8. The maximum absolute atomic E-state index is 13.3. The zero-order chi connectivity index (χ0) is 16.8. The van der Waals surface area contributed by atoms with E-state index < -0.39 is 10.0 Å². The zero-order valence-electron chi connectivity index (χ0n) is 13.9. The summed E-state index contributed by atoms with van der Waals surface area (Å²) >= 11 is 0. The molecule has 0 fully saturated rings. The monoisotopic (exact) mass is 334 g/mol. The minimum absolute atomic E-state index is 0.319. The molecule has 124 valence electrons. The first-order valence-corrected chi connectivity index (χ1v) is 9.18. The molecule has 0 aliphatic carbocycles. The molecule has 0 bridgehead atoms. The summed E-state index contributed by atoms with van der Waals surface area (Å²) in [5, 5.41) is 4.26. The van der Waals surface area contributed by atoms with Crippen molar-refractivity contribution in [2.45, 2.75) is 25.7 Å². The average molecular weight is 334 g/mol. The van der Waals surface area contributed by atoms with Crippen molar-refractivity contribution < 1.29 is 8.42 Å². The van der Waals surface area contributed by atoms with Gasteiger partial charge in [-0.2, -0.15) is 5.10 Å². The van der Waals surface area contributed by atoms with E-state index in [1.165, 1.54) is 4.31 Å². The molecule has 0 saturated heterocycles. The molecule has 0 spiro atoms. The van der Waals surface area contributed by atoms with Gasteiger partial charge in [-0.25, -0.2) is 8.42 Å². The van der Waals surface area contributed by atoms with Crippen molar-refractivity contribution in [1.82, 2.24) is 9.78 Å². The minimum Gasteiger partial charge on any atom is -0.368 e. The summed E-state index contributed by atoms with van der Waals surface area (Å²) in [5.74, 6) is 0. The summed E-state index contributed by atoms with van der Waals surface area (Å²) in [7, 11) is -1.86. The topological polar surface area (TPSA) is 58.4 Å². The molecule has 1 aromatic heterocycles. The van der Waals surface area contributed by atoms with E-state index in [2.05, 4.69) is 16.9 Å². The minimum atomic E-state index is -3.62. The number of nitrogens with zero attached hydrogens (tertiary/aromatic N) is 4. The van der Waals surface area contributed by atoms with Gasteiger partial charge >= 0.3 is 0 Å². The van der Waals surface area contributed by atoms with Crippen LogP contribution in [0.5, 0.6) is 0 Å². The summed E-state index contributed by atoms with van der Waals surface area (Å²) in [5.41, 5.74) is 2.91. The summed E-state index contributed by atoms with van der Waals surface area (Å²) < 4.78 is 29.6. The van der Waals surface area contributed by atoms with E-state index in [1.54, 1.807) is 25.6 Å². The van der Waals surface area contributed by atoms with Crippen molar-refractivity contribution in [3.05, 3.63) is 35.7 Å². The Morgan fingerprint density at radius 1 is 1.13 bits per heavy atom. The first-order chi connectivity index (χ1) is 10.9. The molecule has 7 heteroatoms. The molecule has 0 radical (unpaired) electrons. The molecule has 0 saturated carbocycles. The smallest absolute Gasteiger partial charge is 0.268 e. The summed E-state index contributed by atoms with van der Waals surface area (Å²) in [4.78, 5) is 2.52. The second kappa shape index (κ2) is 5.56. The van der Waals surface area contributed by atoms with Crippen molar-refractivity contribution >= 4 is 21.4 Å². The highest BCUT2D eigenvalue weighted by atomic mass is 32.2. The first-order valence-electron chi connectivity index (χ1n) is 7.74. The lowest BCUT2D eigenvalue weighted by atomic mass is 10.2. The van der Waals surface area contributed by atoms with E-state index in [4.69, 9.17) is 0 Å². The Bertz CT molecular complexity index is 842. The number of hydrogen-bond acceptors (Lipinski definition) is 4. The molecule has 1 aromatic carbocycles. The number of anilines is 2. The fourth-order valence-corrected chi connectivity index (χ4v) is 5.09. The van der Waals surface area contributed by atoms with Gasteiger partial charge in [-0.1, -0.05) is 12.1 Å². The van der Waals surface area contributed by atoms with Gasteiger partial charge in [0.2, 0.25) is 0 Å². The Morgan fingerprint density at radius 3 is 2.35 bits per heavy atom. The molecule has 0 N–H and O–H groups in total. The quantitative estimate of drug-likeness (QED) is 0.862. The highest BCUT2D eigenvalue weighted by molar-refractivity contribution is 7.93. The molecule has 1 aliphatic heterocycles. The van der Waals surface area contributed by atoms with Crippen molar-refractivity contribution in [3.8, 4) is 0 Å². The highest BCUT2D eigenvalue weighted by Crippen LogP contribution is 2.37. The van der Waals surface area contributed by atoms with Crippen molar-refractivity contribution in [3.63, 3.8) is 0 Å². The fourth-order valence-electron chi connectivity index (χ4n) is 3.21. The molecule has 2 heterocycles. The third-order valence-electron chi connectivity index (χ3n) is 4.44. The second-order valence-electron chi connectivity index (χ2n) is 5.77. The maximum atomic E-state index is 13.3. The SMILES string of the molecule is CCN1CCN(S(=O)(=O)c2c(C)nn(C)c2C)c2ccccc21. The van der Waals surface area contributed by atoms with Crippen LogP contribution < -0.4 is 9.21 Å². The predicted molar refractivity (Wildman–Crippen MR) is 91.5 cm³/mol. The van der Waals surface area contributed by atoms with Crippen LogP contribution in [-0.4, -0.2) is 37.8 Å². The van der Waals surface area contributed by atoms with Crippen LogP contribution in [0.2, 0.25) is 0 Å². The van der Waals surface area contributed by atoms with Gasteiger partial charge in [0.15, 0.2) is 0 Å². The van der Waals surface area contributed by atoms with Crippen molar-refractivity contribution in [1.29, 1.82) is 0 Å². The summed E-state index contributed by atoms with van der Waals surface area (Å²) in [6.07, 6.45) is 0. The van der Waals surface area contributed by atoms with E-state index in [9.17, 15) is 8.42 Å². The van der Waals surface area contributed by atoms with E-state index in [0.29, 0.717) is 29.4 Å². The third kappa shape index (κ3) is 2.39. The molecular formula is C16H22N4O2S. The Kier molecular flexibility index (Phi) is 3.83. The number of sulfonamides is 1. The van der Waals surface area contributed by atoms with Crippen LogP contribution >= 0.6 is 0 Å². The Morgan fingerprint density at radius 2 is 1.78 bits per heavy atom. The molecule has 6 nitrogen and oxygen atoms in total. The van der Waals surface area contributed by atoms with Gasteiger partial charge in [0.25, 0.3) is 10.0 Å². The molecular weight excluding hydrogens is 312 g/mol.